The molecule has 0 aliphatic carbocycles. The largest absolute Gasteiger partial charge is 0.502 e. The van der Waals surface area contributed by atoms with Crippen LogP contribution < -0.4 is 5.63 Å². The zero-order chi connectivity index (χ0) is 9.42. The second-order valence-corrected chi connectivity index (χ2v) is 2.91. The highest BCUT2D eigenvalue weighted by atomic mass is 16.4. The zero-order valence-corrected chi connectivity index (χ0v) is 7.07. The number of aryl methyl sites for hydroxylation is 1. The predicted molar refractivity (Wildman–Crippen MR) is 48.9 cm³/mol. The van der Waals surface area contributed by atoms with Crippen LogP contribution in [0.15, 0.2) is 33.5 Å². The van der Waals surface area contributed by atoms with Crippen LogP contribution in [-0.2, 0) is 0 Å². The Labute approximate surface area is 74.2 Å². The number of aromatic hydroxyl groups is 1. The van der Waals surface area contributed by atoms with Crippen LogP contribution in [0.4, 0.5) is 0 Å². The van der Waals surface area contributed by atoms with Gasteiger partial charge in [-0.15, -0.1) is 0 Å². The zero-order valence-electron chi connectivity index (χ0n) is 7.07. The van der Waals surface area contributed by atoms with Gasteiger partial charge in [-0.3, -0.25) is 0 Å². The van der Waals surface area contributed by atoms with Crippen molar-refractivity contribution in [2.24, 2.45) is 0 Å². The van der Waals surface area contributed by atoms with E-state index in [0.717, 1.165) is 10.9 Å². The third-order valence-electron chi connectivity index (χ3n) is 1.94. The summed E-state index contributed by atoms with van der Waals surface area (Å²) in [6, 6.07) is 6.89. The highest BCUT2D eigenvalue weighted by Gasteiger charge is 2.04. The molecule has 1 N–H and O–H groups in total. The standard InChI is InChI=1S/C10H8O3/c1-6-3-2-4-7-5-8(11)10(12)13-9(6)7/h2-5,11H,1H3. The second kappa shape index (κ2) is 2.62. The minimum atomic E-state index is -0.693. The molecule has 3 nitrogen and oxygen atoms in total. The molecule has 2 aromatic rings. The summed E-state index contributed by atoms with van der Waals surface area (Å²) in [7, 11) is 0. The van der Waals surface area contributed by atoms with Gasteiger partial charge in [0.2, 0.25) is 5.75 Å². The Balaban J connectivity index is 2.97. The molecule has 0 fully saturated rings. The summed E-state index contributed by atoms with van der Waals surface area (Å²) >= 11 is 0. The van der Waals surface area contributed by atoms with E-state index in [4.69, 9.17) is 9.52 Å². The van der Waals surface area contributed by atoms with Gasteiger partial charge in [-0.1, -0.05) is 18.2 Å². The van der Waals surface area contributed by atoms with E-state index in [1.165, 1.54) is 6.07 Å². The van der Waals surface area contributed by atoms with E-state index in [1.807, 2.05) is 19.1 Å². The third-order valence-corrected chi connectivity index (χ3v) is 1.94. The van der Waals surface area contributed by atoms with Crippen molar-refractivity contribution in [3.63, 3.8) is 0 Å². The van der Waals surface area contributed by atoms with Gasteiger partial charge in [0.1, 0.15) is 5.58 Å². The number of benzene rings is 1. The highest BCUT2D eigenvalue weighted by molar-refractivity contribution is 5.80. The first-order valence-electron chi connectivity index (χ1n) is 3.91. The van der Waals surface area contributed by atoms with Gasteiger partial charge in [0.05, 0.1) is 0 Å². The summed E-state index contributed by atoms with van der Waals surface area (Å²) in [5.74, 6) is -0.349. The third kappa shape index (κ3) is 1.18. The maximum atomic E-state index is 11.0. The number of rotatable bonds is 0. The highest BCUT2D eigenvalue weighted by Crippen LogP contribution is 2.18. The van der Waals surface area contributed by atoms with E-state index in [-0.39, 0.29) is 5.75 Å². The van der Waals surface area contributed by atoms with Crippen LogP contribution in [0.3, 0.4) is 0 Å². The van der Waals surface area contributed by atoms with Gasteiger partial charge in [0.15, 0.2) is 0 Å². The normalized spacial score (nSPS) is 10.5. The molecule has 0 atom stereocenters. The molecule has 1 aromatic heterocycles. The summed E-state index contributed by atoms with van der Waals surface area (Å²) in [5.41, 5.74) is 0.724. The van der Waals surface area contributed by atoms with Gasteiger partial charge in [0.25, 0.3) is 0 Å². The Kier molecular flexibility index (Phi) is 1.59. The van der Waals surface area contributed by atoms with E-state index >= 15 is 0 Å². The van der Waals surface area contributed by atoms with Crippen molar-refractivity contribution >= 4 is 11.0 Å². The first-order valence-corrected chi connectivity index (χ1v) is 3.91. The average molecular weight is 176 g/mol. The lowest BCUT2D eigenvalue weighted by atomic mass is 10.1. The van der Waals surface area contributed by atoms with Crippen LogP contribution in [0.5, 0.6) is 5.75 Å². The lowest BCUT2D eigenvalue weighted by molar-refractivity contribution is 0.428. The number of hydrogen-bond donors (Lipinski definition) is 1. The molecular formula is C10H8O3. The fourth-order valence-electron chi connectivity index (χ4n) is 1.28. The van der Waals surface area contributed by atoms with Crippen molar-refractivity contribution in [1.82, 2.24) is 0 Å². The van der Waals surface area contributed by atoms with E-state index < -0.39 is 5.63 Å². The smallest absolute Gasteiger partial charge is 0.378 e. The van der Waals surface area contributed by atoms with Crippen molar-refractivity contribution < 1.29 is 9.52 Å². The lowest BCUT2D eigenvalue weighted by Crippen LogP contribution is -1.97. The van der Waals surface area contributed by atoms with Crippen LogP contribution in [0.1, 0.15) is 5.56 Å². The minimum absolute atomic E-state index is 0.349. The minimum Gasteiger partial charge on any atom is -0.502 e. The SMILES string of the molecule is Cc1cccc2cc(O)c(=O)oc12. The fourth-order valence-corrected chi connectivity index (χ4v) is 1.28. The summed E-state index contributed by atoms with van der Waals surface area (Å²) in [6.07, 6.45) is 0. The predicted octanol–water partition coefficient (Wildman–Crippen LogP) is 1.81. The summed E-state index contributed by atoms with van der Waals surface area (Å²) in [6.45, 7) is 1.85. The van der Waals surface area contributed by atoms with Gasteiger partial charge in [-0.2, -0.15) is 0 Å². The topological polar surface area (TPSA) is 50.4 Å². The van der Waals surface area contributed by atoms with E-state index in [1.54, 1.807) is 6.07 Å². The molecule has 66 valence electrons. The Bertz CT molecular complexity index is 511. The summed E-state index contributed by atoms with van der Waals surface area (Å²) in [5, 5.41) is 9.84. The van der Waals surface area contributed by atoms with E-state index in [2.05, 4.69) is 0 Å². The van der Waals surface area contributed by atoms with Crippen molar-refractivity contribution in [3.8, 4) is 5.75 Å². The molecule has 13 heavy (non-hydrogen) atoms. The molecule has 0 radical (unpaired) electrons. The lowest BCUT2D eigenvalue weighted by Gasteiger charge is -1.99. The molecule has 3 heteroatoms. The van der Waals surface area contributed by atoms with Crippen LogP contribution in [0, 0.1) is 6.92 Å². The molecule has 1 heterocycles. The Morgan fingerprint density at radius 1 is 1.38 bits per heavy atom. The van der Waals surface area contributed by atoms with Crippen LogP contribution >= 0.6 is 0 Å². The fraction of sp³-hybridized carbons (Fsp3) is 0.100. The maximum absolute atomic E-state index is 11.0. The molecule has 0 spiro atoms. The monoisotopic (exact) mass is 176 g/mol. The molecule has 0 aliphatic heterocycles. The molecule has 2 rings (SSSR count). The Morgan fingerprint density at radius 3 is 2.92 bits per heavy atom. The van der Waals surface area contributed by atoms with Gasteiger partial charge >= 0.3 is 5.63 Å². The van der Waals surface area contributed by atoms with Gasteiger partial charge in [0, 0.05) is 5.39 Å². The average Bonchev–Trinajstić information content (AvgIpc) is 2.09. The maximum Gasteiger partial charge on any atom is 0.378 e. The molecule has 1 aromatic carbocycles. The molecule has 0 aliphatic rings. The van der Waals surface area contributed by atoms with E-state index in [9.17, 15) is 4.79 Å². The van der Waals surface area contributed by atoms with Gasteiger partial charge in [-0.25, -0.2) is 4.79 Å². The summed E-state index contributed by atoms with van der Waals surface area (Å²) in [4.78, 5) is 11.0. The van der Waals surface area contributed by atoms with Gasteiger partial charge in [-0.05, 0) is 18.6 Å². The Morgan fingerprint density at radius 2 is 2.15 bits per heavy atom. The van der Waals surface area contributed by atoms with Crippen molar-refractivity contribution in [2.45, 2.75) is 6.92 Å². The Hall–Kier alpha value is -1.77. The molecular weight excluding hydrogens is 168 g/mol. The van der Waals surface area contributed by atoms with Crippen LogP contribution in [-0.4, -0.2) is 5.11 Å². The molecule has 0 bridgehead atoms. The summed E-state index contributed by atoms with van der Waals surface area (Å²) < 4.78 is 4.92. The number of hydrogen-bond acceptors (Lipinski definition) is 3. The first-order chi connectivity index (χ1) is 6.18. The van der Waals surface area contributed by atoms with E-state index in [0.29, 0.717) is 5.58 Å². The molecule has 0 saturated carbocycles. The van der Waals surface area contributed by atoms with Gasteiger partial charge < -0.3 is 9.52 Å². The van der Waals surface area contributed by atoms with Crippen molar-refractivity contribution in [2.75, 3.05) is 0 Å². The second-order valence-electron chi connectivity index (χ2n) is 2.91. The molecule has 0 amide bonds. The molecule has 0 unspecified atom stereocenters. The number of para-hydroxylation sites is 1. The molecule has 0 saturated heterocycles. The van der Waals surface area contributed by atoms with Crippen LogP contribution in [0.25, 0.3) is 11.0 Å². The van der Waals surface area contributed by atoms with Crippen LogP contribution in [0.2, 0.25) is 0 Å². The van der Waals surface area contributed by atoms with Crippen molar-refractivity contribution in [1.29, 1.82) is 0 Å². The van der Waals surface area contributed by atoms with Crippen molar-refractivity contribution in [3.05, 3.63) is 40.2 Å². The quantitative estimate of drug-likeness (QED) is 0.623. The first kappa shape index (κ1) is 7.86. The number of fused-ring (bicyclic) bond motifs is 1.